The lowest BCUT2D eigenvalue weighted by atomic mass is 10.3. The molecule has 0 atom stereocenters. The number of aromatic nitrogens is 2. The molecule has 0 spiro atoms. The highest BCUT2D eigenvalue weighted by atomic mass is 19.4. The van der Waals surface area contributed by atoms with Gasteiger partial charge in [-0.1, -0.05) is 0 Å². The van der Waals surface area contributed by atoms with E-state index in [9.17, 15) is 13.2 Å². The molecule has 1 aromatic heterocycles. The summed E-state index contributed by atoms with van der Waals surface area (Å²) in [6.07, 6.45) is -3.19. The van der Waals surface area contributed by atoms with E-state index >= 15 is 0 Å². The van der Waals surface area contributed by atoms with Crippen LogP contribution in [0, 0.1) is 13.8 Å². The molecule has 1 rings (SSSR count). The molecule has 1 heterocycles. The minimum atomic E-state index is -4.39. The van der Waals surface area contributed by atoms with Gasteiger partial charge in [0.15, 0.2) is 0 Å². The SMILES string of the molecule is Cc1cnn(C(F)(F)F)c1C. The summed E-state index contributed by atoms with van der Waals surface area (Å²) in [4.78, 5) is 0. The lowest BCUT2D eigenvalue weighted by Gasteiger charge is -2.07. The first-order chi connectivity index (χ1) is 4.93. The van der Waals surface area contributed by atoms with Gasteiger partial charge in [0.1, 0.15) is 0 Å². The molecule has 0 aliphatic rings. The van der Waals surface area contributed by atoms with Gasteiger partial charge in [-0.05, 0) is 19.4 Å². The number of hydrogen-bond acceptors (Lipinski definition) is 1. The summed E-state index contributed by atoms with van der Waals surface area (Å²) in [5.74, 6) is 0. The van der Waals surface area contributed by atoms with Crippen molar-refractivity contribution < 1.29 is 13.2 Å². The van der Waals surface area contributed by atoms with Crippen molar-refractivity contribution in [2.24, 2.45) is 0 Å². The average Bonchev–Trinajstić information content (AvgIpc) is 2.11. The van der Waals surface area contributed by atoms with Crippen molar-refractivity contribution in [3.05, 3.63) is 17.5 Å². The molecular weight excluding hydrogens is 157 g/mol. The molecule has 0 amide bonds. The second-order valence-electron chi connectivity index (χ2n) is 2.29. The molecule has 0 aliphatic carbocycles. The Balaban J connectivity index is 3.15. The molecule has 62 valence electrons. The lowest BCUT2D eigenvalue weighted by molar-refractivity contribution is -0.213. The molecule has 0 saturated heterocycles. The van der Waals surface area contributed by atoms with Crippen LogP contribution in [0.4, 0.5) is 13.2 Å². The highest BCUT2D eigenvalue weighted by Crippen LogP contribution is 2.23. The van der Waals surface area contributed by atoms with Gasteiger partial charge >= 0.3 is 6.30 Å². The predicted molar refractivity (Wildman–Crippen MR) is 33.0 cm³/mol. The Bertz CT molecular complexity index is 261. The van der Waals surface area contributed by atoms with Gasteiger partial charge in [0.05, 0.1) is 6.20 Å². The molecule has 0 bridgehead atoms. The van der Waals surface area contributed by atoms with Crippen LogP contribution >= 0.6 is 0 Å². The first kappa shape index (κ1) is 8.10. The Labute approximate surface area is 61.6 Å². The highest BCUT2D eigenvalue weighted by Gasteiger charge is 2.33. The first-order valence-corrected chi connectivity index (χ1v) is 3.01. The van der Waals surface area contributed by atoms with Gasteiger partial charge in [0.25, 0.3) is 0 Å². The summed E-state index contributed by atoms with van der Waals surface area (Å²) in [5.41, 5.74) is 0.680. The van der Waals surface area contributed by atoms with Crippen molar-refractivity contribution in [1.29, 1.82) is 0 Å². The van der Waals surface area contributed by atoms with E-state index in [1.165, 1.54) is 13.1 Å². The van der Waals surface area contributed by atoms with Crippen LogP contribution in [0.1, 0.15) is 11.3 Å². The van der Waals surface area contributed by atoms with E-state index < -0.39 is 6.30 Å². The molecule has 0 radical (unpaired) electrons. The van der Waals surface area contributed by atoms with Gasteiger partial charge in [-0.25, -0.2) is 0 Å². The number of nitrogens with zero attached hydrogens (tertiary/aromatic N) is 2. The third-order valence-corrected chi connectivity index (χ3v) is 1.50. The largest absolute Gasteiger partial charge is 0.504 e. The van der Waals surface area contributed by atoms with Gasteiger partial charge in [0.2, 0.25) is 0 Å². The predicted octanol–water partition coefficient (Wildman–Crippen LogP) is 1.98. The molecule has 0 fully saturated rings. The van der Waals surface area contributed by atoms with Crippen LogP contribution in [0.2, 0.25) is 0 Å². The van der Waals surface area contributed by atoms with Gasteiger partial charge < -0.3 is 0 Å². The van der Waals surface area contributed by atoms with E-state index in [4.69, 9.17) is 0 Å². The molecule has 0 aliphatic heterocycles. The molecule has 5 heteroatoms. The van der Waals surface area contributed by atoms with Crippen LogP contribution in [0.25, 0.3) is 0 Å². The standard InChI is InChI=1S/C6H7F3N2/c1-4-3-10-11(5(4)2)6(7,8)9/h3H,1-2H3. The summed E-state index contributed by atoms with van der Waals surface area (Å²) in [5, 5.41) is 3.18. The number of halogens is 3. The van der Waals surface area contributed by atoms with Crippen molar-refractivity contribution in [3.63, 3.8) is 0 Å². The maximum absolute atomic E-state index is 12.0. The molecule has 1 aromatic rings. The Kier molecular flexibility index (Phi) is 1.66. The van der Waals surface area contributed by atoms with Crippen molar-refractivity contribution in [1.82, 2.24) is 9.78 Å². The first-order valence-electron chi connectivity index (χ1n) is 3.01. The molecule has 0 aromatic carbocycles. The van der Waals surface area contributed by atoms with Crippen LogP contribution < -0.4 is 0 Å². The fourth-order valence-corrected chi connectivity index (χ4v) is 0.747. The number of hydrogen-bond donors (Lipinski definition) is 0. The van der Waals surface area contributed by atoms with Gasteiger partial charge in [-0.3, -0.25) is 0 Å². The Morgan fingerprint density at radius 1 is 1.36 bits per heavy atom. The summed E-state index contributed by atoms with van der Waals surface area (Å²) in [6.45, 7) is 2.97. The molecular formula is C6H7F3N2. The number of aryl methyl sites for hydroxylation is 1. The van der Waals surface area contributed by atoms with Crippen molar-refractivity contribution >= 4 is 0 Å². The zero-order chi connectivity index (χ0) is 8.65. The third kappa shape index (κ3) is 1.36. The minimum Gasteiger partial charge on any atom is -0.176 e. The van der Waals surface area contributed by atoms with Crippen LogP contribution in [0.3, 0.4) is 0 Å². The Morgan fingerprint density at radius 2 is 1.91 bits per heavy atom. The van der Waals surface area contributed by atoms with Gasteiger partial charge in [-0.15, -0.1) is 13.2 Å². The molecule has 0 saturated carbocycles. The van der Waals surface area contributed by atoms with E-state index in [0.29, 0.717) is 5.56 Å². The van der Waals surface area contributed by atoms with Crippen molar-refractivity contribution in [2.45, 2.75) is 20.1 Å². The van der Waals surface area contributed by atoms with E-state index in [1.807, 2.05) is 0 Å². The molecule has 2 nitrogen and oxygen atoms in total. The summed E-state index contributed by atoms with van der Waals surface area (Å²) >= 11 is 0. The van der Waals surface area contributed by atoms with Crippen molar-refractivity contribution in [3.8, 4) is 0 Å². The average molecular weight is 164 g/mol. The summed E-state index contributed by atoms with van der Waals surface area (Å²) < 4.78 is 35.9. The number of rotatable bonds is 0. The van der Waals surface area contributed by atoms with E-state index in [2.05, 4.69) is 5.10 Å². The van der Waals surface area contributed by atoms with Crippen LogP contribution in [-0.4, -0.2) is 9.78 Å². The third-order valence-electron chi connectivity index (χ3n) is 1.50. The number of alkyl halides is 3. The topological polar surface area (TPSA) is 17.8 Å². The smallest absolute Gasteiger partial charge is 0.176 e. The summed E-state index contributed by atoms with van der Waals surface area (Å²) in [6, 6.07) is 0. The normalized spacial score (nSPS) is 12.1. The van der Waals surface area contributed by atoms with Gasteiger partial charge in [-0.2, -0.15) is 9.78 Å². The molecule has 0 unspecified atom stereocenters. The summed E-state index contributed by atoms with van der Waals surface area (Å²) in [7, 11) is 0. The molecule has 11 heavy (non-hydrogen) atoms. The van der Waals surface area contributed by atoms with E-state index in [0.717, 1.165) is 0 Å². The van der Waals surface area contributed by atoms with Crippen LogP contribution in [0.15, 0.2) is 6.20 Å². The Morgan fingerprint density at radius 3 is 2.09 bits per heavy atom. The monoisotopic (exact) mass is 164 g/mol. The quantitative estimate of drug-likeness (QED) is 0.573. The maximum atomic E-state index is 12.0. The van der Waals surface area contributed by atoms with Crippen molar-refractivity contribution in [2.75, 3.05) is 0 Å². The van der Waals surface area contributed by atoms with Crippen LogP contribution in [0.5, 0.6) is 0 Å². The van der Waals surface area contributed by atoms with E-state index in [1.54, 1.807) is 6.92 Å². The zero-order valence-electron chi connectivity index (χ0n) is 6.11. The fraction of sp³-hybridized carbons (Fsp3) is 0.500. The zero-order valence-corrected chi connectivity index (χ0v) is 6.11. The Hall–Kier alpha value is -1.00. The lowest BCUT2D eigenvalue weighted by Crippen LogP contribution is -2.19. The highest BCUT2D eigenvalue weighted by molar-refractivity contribution is 5.13. The molecule has 0 N–H and O–H groups in total. The second kappa shape index (κ2) is 2.25. The van der Waals surface area contributed by atoms with E-state index in [-0.39, 0.29) is 10.4 Å². The fourth-order valence-electron chi connectivity index (χ4n) is 0.747. The second-order valence-corrected chi connectivity index (χ2v) is 2.29. The maximum Gasteiger partial charge on any atom is 0.504 e. The minimum absolute atomic E-state index is 0.0579. The van der Waals surface area contributed by atoms with Gasteiger partial charge in [0, 0.05) is 5.69 Å². The van der Waals surface area contributed by atoms with Crippen LogP contribution in [-0.2, 0) is 6.30 Å².